The highest BCUT2D eigenvalue weighted by atomic mass is 35.5. The van der Waals surface area contributed by atoms with E-state index in [-0.39, 0.29) is 12.1 Å². The van der Waals surface area contributed by atoms with E-state index < -0.39 is 17.6 Å². The number of amides is 1. The van der Waals surface area contributed by atoms with Crippen molar-refractivity contribution in [2.24, 2.45) is 0 Å². The number of hydrogen-bond acceptors (Lipinski definition) is 5. The van der Waals surface area contributed by atoms with Gasteiger partial charge in [0, 0.05) is 22.0 Å². The van der Waals surface area contributed by atoms with Crippen LogP contribution in [0.15, 0.2) is 51.7 Å². The predicted molar refractivity (Wildman–Crippen MR) is 110 cm³/mol. The van der Waals surface area contributed by atoms with E-state index in [1.807, 2.05) is 0 Å². The van der Waals surface area contributed by atoms with Gasteiger partial charge in [-0.2, -0.15) is 0 Å². The van der Waals surface area contributed by atoms with Crippen molar-refractivity contribution < 1.29 is 18.7 Å². The number of rotatable bonds is 3. The van der Waals surface area contributed by atoms with E-state index in [2.05, 4.69) is 0 Å². The molecule has 6 nitrogen and oxygen atoms in total. The molecule has 1 fully saturated rings. The van der Waals surface area contributed by atoms with Crippen LogP contribution in [0.25, 0.3) is 11.0 Å². The lowest BCUT2D eigenvalue weighted by atomic mass is 10.1. The number of carbonyl (C=O) groups is 1. The number of methoxy groups -OCH3 is 1. The number of morpholine rings is 1. The summed E-state index contributed by atoms with van der Waals surface area (Å²) in [5.41, 5.74) is 0.344. The molecule has 8 heteroatoms. The van der Waals surface area contributed by atoms with E-state index in [4.69, 9.17) is 37.1 Å². The summed E-state index contributed by atoms with van der Waals surface area (Å²) in [4.78, 5) is 27.1. The lowest BCUT2D eigenvalue weighted by Gasteiger charge is -2.33. The van der Waals surface area contributed by atoms with Crippen LogP contribution < -0.4 is 10.4 Å². The van der Waals surface area contributed by atoms with E-state index in [0.29, 0.717) is 39.9 Å². The summed E-state index contributed by atoms with van der Waals surface area (Å²) in [6.45, 7) is 0.956. The van der Waals surface area contributed by atoms with Gasteiger partial charge in [-0.1, -0.05) is 35.3 Å². The Morgan fingerprint density at radius 2 is 1.93 bits per heavy atom. The van der Waals surface area contributed by atoms with Crippen molar-refractivity contribution in [3.8, 4) is 5.75 Å². The Kier molecular flexibility index (Phi) is 5.50. The van der Waals surface area contributed by atoms with Crippen LogP contribution in [0.5, 0.6) is 5.75 Å². The van der Waals surface area contributed by atoms with Crippen LogP contribution in [0.3, 0.4) is 0 Å². The summed E-state index contributed by atoms with van der Waals surface area (Å²) in [7, 11) is 1.49. The van der Waals surface area contributed by atoms with Crippen LogP contribution in [0.4, 0.5) is 0 Å². The third-order valence-electron chi connectivity index (χ3n) is 4.78. The van der Waals surface area contributed by atoms with E-state index in [9.17, 15) is 9.59 Å². The fourth-order valence-corrected chi connectivity index (χ4v) is 3.94. The number of benzene rings is 2. The minimum Gasteiger partial charge on any atom is -0.493 e. The number of fused-ring (bicyclic) bond motifs is 1. The Bertz CT molecular complexity index is 1120. The zero-order valence-corrected chi connectivity index (χ0v) is 17.0. The summed E-state index contributed by atoms with van der Waals surface area (Å²) in [6, 6.07) is 11.9. The summed E-state index contributed by atoms with van der Waals surface area (Å²) in [6.07, 6.45) is -0.392. The molecule has 2 aromatic carbocycles. The quantitative estimate of drug-likeness (QED) is 0.575. The molecular weight excluding hydrogens is 417 g/mol. The van der Waals surface area contributed by atoms with Gasteiger partial charge in [-0.3, -0.25) is 4.79 Å². The molecule has 2 heterocycles. The van der Waals surface area contributed by atoms with Crippen molar-refractivity contribution in [2.45, 2.75) is 6.10 Å². The molecule has 1 aromatic heterocycles. The van der Waals surface area contributed by atoms with Gasteiger partial charge in [0.15, 0.2) is 11.3 Å². The van der Waals surface area contributed by atoms with Crippen molar-refractivity contribution in [3.63, 3.8) is 0 Å². The van der Waals surface area contributed by atoms with Gasteiger partial charge in [-0.25, -0.2) is 4.79 Å². The number of nitrogens with zero attached hydrogens (tertiary/aromatic N) is 1. The first-order chi connectivity index (χ1) is 14.0. The molecule has 4 rings (SSSR count). The van der Waals surface area contributed by atoms with E-state index >= 15 is 0 Å². The molecule has 0 N–H and O–H groups in total. The molecule has 3 aromatic rings. The molecule has 1 aliphatic heterocycles. The zero-order valence-electron chi connectivity index (χ0n) is 15.5. The number of ether oxygens (including phenoxy) is 2. The summed E-state index contributed by atoms with van der Waals surface area (Å²) >= 11 is 12.2. The Labute approximate surface area is 176 Å². The molecule has 29 heavy (non-hydrogen) atoms. The Morgan fingerprint density at radius 1 is 1.17 bits per heavy atom. The third kappa shape index (κ3) is 3.96. The van der Waals surface area contributed by atoms with Crippen molar-refractivity contribution >= 4 is 40.1 Å². The van der Waals surface area contributed by atoms with Crippen molar-refractivity contribution in [3.05, 3.63) is 74.1 Å². The molecule has 0 radical (unpaired) electrons. The standard InChI is InChI=1S/C21H17Cl2NO5/c1-27-17-4-2-3-12-9-16(21(26)29-19(12)17)20(25)24-5-6-28-18(11-24)13-7-14(22)10-15(23)8-13/h2-4,7-10,18H,5-6,11H2,1H3/t18-/m1/s1. The van der Waals surface area contributed by atoms with Gasteiger partial charge in [0.1, 0.15) is 11.7 Å². The molecule has 1 aliphatic rings. The van der Waals surface area contributed by atoms with Gasteiger partial charge >= 0.3 is 5.63 Å². The van der Waals surface area contributed by atoms with Crippen LogP contribution in [-0.4, -0.2) is 37.6 Å². The normalized spacial score (nSPS) is 16.8. The third-order valence-corrected chi connectivity index (χ3v) is 5.22. The number of hydrogen-bond donors (Lipinski definition) is 0. The second-order valence-corrected chi connectivity index (χ2v) is 7.51. The van der Waals surface area contributed by atoms with Crippen LogP contribution in [0.2, 0.25) is 10.0 Å². The Morgan fingerprint density at radius 3 is 2.66 bits per heavy atom. The lowest BCUT2D eigenvalue weighted by molar-refractivity contribution is -0.0229. The van der Waals surface area contributed by atoms with Gasteiger partial charge in [0.05, 0.1) is 20.3 Å². The highest BCUT2D eigenvalue weighted by Gasteiger charge is 2.28. The minimum atomic E-state index is -0.708. The van der Waals surface area contributed by atoms with Crippen molar-refractivity contribution in [1.82, 2.24) is 4.90 Å². The Hall–Kier alpha value is -2.54. The maximum absolute atomic E-state index is 13.1. The first-order valence-electron chi connectivity index (χ1n) is 8.94. The summed E-state index contributed by atoms with van der Waals surface area (Å²) in [5.74, 6) is 0.0211. The summed E-state index contributed by atoms with van der Waals surface area (Å²) < 4.78 is 16.4. The highest BCUT2D eigenvalue weighted by Crippen LogP contribution is 2.29. The molecule has 0 saturated carbocycles. The molecule has 0 aliphatic carbocycles. The monoisotopic (exact) mass is 433 g/mol. The molecule has 0 bridgehead atoms. The molecule has 0 unspecified atom stereocenters. The van der Waals surface area contributed by atoms with Gasteiger partial charge in [-0.05, 0) is 35.9 Å². The molecule has 1 saturated heterocycles. The predicted octanol–water partition coefficient (Wildman–Crippen LogP) is 4.32. The maximum atomic E-state index is 13.1. The van der Waals surface area contributed by atoms with Gasteiger partial charge in [0.25, 0.3) is 5.91 Å². The number of halogens is 2. The minimum absolute atomic E-state index is 0.0319. The molecular formula is C21H17Cl2NO5. The average Bonchev–Trinajstić information content (AvgIpc) is 2.71. The van der Waals surface area contributed by atoms with E-state index in [1.165, 1.54) is 13.2 Å². The second kappa shape index (κ2) is 8.06. The van der Waals surface area contributed by atoms with Crippen LogP contribution in [0.1, 0.15) is 22.0 Å². The average molecular weight is 434 g/mol. The van der Waals surface area contributed by atoms with Crippen molar-refractivity contribution in [1.29, 1.82) is 0 Å². The van der Waals surface area contributed by atoms with Crippen molar-refractivity contribution in [2.75, 3.05) is 26.8 Å². The largest absolute Gasteiger partial charge is 0.493 e. The Balaban J connectivity index is 1.64. The van der Waals surface area contributed by atoms with Gasteiger partial charge in [-0.15, -0.1) is 0 Å². The molecule has 1 atom stereocenters. The van der Waals surface area contributed by atoms with E-state index in [0.717, 1.165) is 5.56 Å². The summed E-state index contributed by atoms with van der Waals surface area (Å²) in [5, 5.41) is 1.59. The van der Waals surface area contributed by atoms with Gasteiger partial charge < -0.3 is 18.8 Å². The fraction of sp³-hybridized carbons (Fsp3) is 0.238. The topological polar surface area (TPSA) is 69.0 Å². The van der Waals surface area contributed by atoms with Crippen LogP contribution >= 0.6 is 23.2 Å². The second-order valence-electron chi connectivity index (χ2n) is 6.64. The molecule has 150 valence electrons. The first kappa shape index (κ1) is 19.8. The van der Waals surface area contributed by atoms with E-state index in [1.54, 1.807) is 41.3 Å². The zero-order chi connectivity index (χ0) is 20.5. The highest BCUT2D eigenvalue weighted by molar-refractivity contribution is 6.34. The molecule has 0 spiro atoms. The van der Waals surface area contributed by atoms with Crippen LogP contribution in [0, 0.1) is 0 Å². The fourth-order valence-electron chi connectivity index (χ4n) is 3.39. The lowest BCUT2D eigenvalue weighted by Crippen LogP contribution is -2.43. The SMILES string of the molecule is COc1cccc2cc(C(=O)N3CCO[C@@H](c4cc(Cl)cc(Cl)c4)C3)c(=O)oc12. The smallest absolute Gasteiger partial charge is 0.349 e. The number of carbonyl (C=O) groups excluding carboxylic acids is 1. The number of para-hydroxylation sites is 1. The van der Waals surface area contributed by atoms with Gasteiger partial charge in [0.2, 0.25) is 0 Å². The first-order valence-corrected chi connectivity index (χ1v) is 9.69. The van der Waals surface area contributed by atoms with Crippen LogP contribution in [-0.2, 0) is 4.74 Å². The molecule has 1 amide bonds. The maximum Gasteiger partial charge on any atom is 0.349 e.